The maximum absolute atomic E-state index is 15.3. The van der Waals surface area contributed by atoms with Crippen LogP contribution in [0, 0.1) is 23.5 Å². The number of aromatic nitrogens is 2. The number of carbonyl (C=O) groups is 5. The second-order valence-electron chi connectivity index (χ2n) is 14.8. The van der Waals surface area contributed by atoms with Gasteiger partial charge in [-0.3, -0.25) is 19.3 Å². The van der Waals surface area contributed by atoms with Crippen molar-refractivity contribution in [2.24, 2.45) is 11.8 Å². The first-order valence-electron chi connectivity index (χ1n) is 19.7. The van der Waals surface area contributed by atoms with Crippen LogP contribution in [0.1, 0.15) is 43.6 Å². The molecule has 2 saturated heterocycles. The number of alkyl halides is 1. The van der Waals surface area contributed by atoms with Crippen LogP contribution in [-0.4, -0.2) is 120 Å². The van der Waals surface area contributed by atoms with Gasteiger partial charge in [0.1, 0.15) is 30.2 Å². The lowest BCUT2D eigenvalue weighted by molar-refractivity contribution is -0.137. The third-order valence-electron chi connectivity index (χ3n) is 10.5. The number of rotatable bonds is 17. The third kappa shape index (κ3) is 11.5. The number of hydrogen-bond donors (Lipinski definition) is 4. The molecule has 0 unspecified atom stereocenters. The van der Waals surface area contributed by atoms with E-state index in [2.05, 4.69) is 21.3 Å². The Kier molecular flexibility index (Phi) is 14.7. The first kappa shape index (κ1) is 42.8. The molecule has 0 spiro atoms. The number of nitrogens with one attached hydrogen (secondary N) is 4. The van der Waals surface area contributed by atoms with Crippen LogP contribution in [0.2, 0.25) is 0 Å². The van der Waals surface area contributed by atoms with Crippen molar-refractivity contribution in [1.82, 2.24) is 40.6 Å². The van der Waals surface area contributed by atoms with Gasteiger partial charge in [-0.25, -0.2) is 27.7 Å². The fourth-order valence-electron chi connectivity index (χ4n) is 7.40. The molecule has 316 valence electrons. The number of carbonyl (C=O) groups excluding carboxylic acids is 5. The number of amides is 6. The lowest BCUT2D eigenvalue weighted by atomic mass is 9.89. The quantitative estimate of drug-likeness (QED) is 0.149. The summed E-state index contributed by atoms with van der Waals surface area (Å²) in [6.45, 7) is 2.99. The van der Waals surface area contributed by atoms with Crippen molar-refractivity contribution in [3.63, 3.8) is 0 Å². The highest BCUT2D eigenvalue weighted by molar-refractivity contribution is 6.12. The van der Waals surface area contributed by atoms with Gasteiger partial charge >= 0.3 is 12.1 Å². The zero-order valence-electron chi connectivity index (χ0n) is 32.7. The first-order valence-corrected chi connectivity index (χ1v) is 19.7. The first-order chi connectivity index (χ1) is 28.5. The third-order valence-corrected chi connectivity index (χ3v) is 10.5. The maximum atomic E-state index is 15.3. The van der Waals surface area contributed by atoms with Crippen LogP contribution in [0.15, 0.2) is 66.9 Å². The van der Waals surface area contributed by atoms with Gasteiger partial charge in [0.15, 0.2) is 0 Å². The number of benzene rings is 2. The lowest BCUT2D eigenvalue weighted by Gasteiger charge is -2.40. The summed E-state index contributed by atoms with van der Waals surface area (Å²) in [5, 5.41) is 11.0. The van der Waals surface area contributed by atoms with E-state index in [0.717, 1.165) is 40.8 Å². The molecule has 3 aliphatic heterocycles. The normalized spacial score (nSPS) is 19.1. The zero-order chi connectivity index (χ0) is 41.9. The Morgan fingerprint density at radius 2 is 1.76 bits per heavy atom. The summed E-state index contributed by atoms with van der Waals surface area (Å²) in [6, 6.07) is 10.6. The largest absolute Gasteiger partial charge is 0.447 e. The molecule has 2 aromatic carbocycles. The summed E-state index contributed by atoms with van der Waals surface area (Å²) < 4.78 is 57.9. The molecule has 59 heavy (non-hydrogen) atoms. The molecule has 6 amide bonds. The summed E-state index contributed by atoms with van der Waals surface area (Å²) in [5.41, 5.74) is 1.03. The van der Waals surface area contributed by atoms with Crippen molar-refractivity contribution in [3.05, 3.63) is 89.9 Å². The molecule has 4 atom stereocenters. The SMILES string of the molecule is C[C@@H](COC(=O)NCCC(=O)NCCN1C(=O)C=CC1=O)NC(=O)N(C[C@@H]1CNC[C@@H]1F)[C@@H](c1nc(-c2cc(F)ccc2F)cn1Cc1ccccc1)C1CCOCC1. The maximum Gasteiger partial charge on any atom is 0.407 e. The average Bonchev–Trinajstić information content (AvgIpc) is 3.92. The molecule has 2 fully saturated rings. The molecule has 1 aromatic heterocycles. The second kappa shape index (κ2) is 20.3. The van der Waals surface area contributed by atoms with Crippen LogP contribution in [-0.2, 0) is 30.4 Å². The molecule has 15 nitrogen and oxygen atoms in total. The molecular formula is C41H49F3N8O7. The van der Waals surface area contributed by atoms with Crippen molar-refractivity contribution >= 4 is 29.8 Å². The Labute approximate surface area is 339 Å². The lowest BCUT2D eigenvalue weighted by Crippen LogP contribution is -2.52. The highest BCUT2D eigenvalue weighted by Crippen LogP contribution is 2.38. The number of nitrogens with zero attached hydrogens (tertiary/aromatic N) is 4. The molecule has 0 bridgehead atoms. The van der Waals surface area contributed by atoms with Crippen molar-refractivity contribution in [3.8, 4) is 11.3 Å². The molecule has 6 rings (SSSR count). The van der Waals surface area contributed by atoms with E-state index >= 15 is 8.78 Å². The summed E-state index contributed by atoms with van der Waals surface area (Å²) in [4.78, 5) is 70.0. The van der Waals surface area contributed by atoms with Gasteiger partial charge < -0.3 is 40.2 Å². The second-order valence-corrected chi connectivity index (χ2v) is 14.8. The molecule has 4 N–H and O–H groups in total. The topological polar surface area (TPSA) is 176 Å². The Bertz CT molecular complexity index is 1980. The minimum atomic E-state index is -1.23. The minimum absolute atomic E-state index is 0.00153. The Balaban J connectivity index is 1.16. The number of hydrogen-bond acceptors (Lipinski definition) is 9. The predicted molar refractivity (Wildman–Crippen MR) is 208 cm³/mol. The van der Waals surface area contributed by atoms with Crippen molar-refractivity contribution in [1.29, 1.82) is 0 Å². The summed E-state index contributed by atoms with van der Waals surface area (Å²) in [5.74, 6) is -2.97. The summed E-state index contributed by atoms with van der Waals surface area (Å²) >= 11 is 0. The predicted octanol–water partition coefficient (Wildman–Crippen LogP) is 3.46. The zero-order valence-corrected chi connectivity index (χ0v) is 32.7. The van der Waals surface area contributed by atoms with Crippen LogP contribution in [0.5, 0.6) is 0 Å². The standard InChI is InChI=1S/C41H49F3N8O7/c1-26(25-59-41(57)47-14-11-35(53)46-15-16-51-36(54)9-10-37(51)55)48-40(56)52(23-29-20-45-21-33(29)44)38(28-12-17-58-18-13-28)39-49-34(31-19-30(42)7-8-32(31)43)24-50(39)22-27-5-3-2-4-6-27/h2-10,19,24,26,28-29,33,38,45H,11-18,20-23,25H2,1H3,(H,46,53)(H,47,57)(H,48,56)/t26-,29-,33-,38+/m0/s1. The van der Waals surface area contributed by atoms with Crippen LogP contribution in [0.4, 0.5) is 22.8 Å². The molecule has 3 aromatic rings. The monoisotopic (exact) mass is 822 g/mol. The van der Waals surface area contributed by atoms with E-state index < -0.39 is 65.7 Å². The van der Waals surface area contributed by atoms with Gasteiger partial charge in [-0.1, -0.05) is 30.3 Å². The van der Waals surface area contributed by atoms with E-state index in [1.165, 1.54) is 0 Å². The van der Waals surface area contributed by atoms with Crippen LogP contribution < -0.4 is 21.3 Å². The van der Waals surface area contributed by atoms with E-state index in [1.54, 1.807) is 18.0 Å². The minimum Gasteiger partial charge on any atom is -0.447 e. The number of halogens is 3. The van der Waals surface area contributed by atoms with Gasteiger partial charge in [0.2, 0.25) is 5.91 Å². The van der Waals surface area contributed by atoms with Gasteiger partial charge in [-0.15, -0.1) is 0 Å². The number of alkyl carbamates (subject to hydrolysis) is 1. The van der Waals surface area contributed by atoms with E-state index in [9.17, 15) is 28.4 Å². The van der Waals surface area contributed by atoms with Crippen LogP contribution in [0.25, 0.3) is 11.3 Å². The number of ether oxygens (including phenoxy) is 2. The van der Waals surface area contributed by atoms with Gasteiger partial charge in [-0.2, -0.15) is 0 Å². The van der Waals surface area contributed by atoms with Crippen molar-refractivity contribution in [2.45, 2.75) is 51.0 Å². The number of imidazole rings is 1. The molecule has 0 aliphatic carbocycles. The van der Waals surface area contributed by atoms with Gasteiger partial charge in [0, 0.05) is 95.3 Å². The van der Waals surface area contributed by atoms with Crippen molar-refractivity contribution < 1.29 is 46.6 Å². The molecule has 18 heteroatoms. The van der Waals surface area contributed by atoms with Gasteiger partial charge in [0.25, 0.3) is 11.8 Å². The number of urea groups is 1. The highest BCUT2D eigenvalue weighted by atomic mass is 19.1. The van der Waals surface area contributed by atoms with Crippen LogP contribution >= 0.6 is 0 Å². The Morgan fingerprint density at radius 3 is 2.47 bits per heavy atom. The van der Waals surface area contributed by atoms with E-state index in [1.807, 2.05) is 34.9 Å². The highest BCUT2D eigenvalue weighted by Gasteiger charge is 2.40. The fraction of sp³-hybridized carbons (Fsp3) is 0.463. The van der Waals surface area contributed by atoms with E-state index in [0.29, 0.717) is 45.0 Å². The molecule has 0 saturated carbocycles. The van der Waals surface area contributed by atoms with Gasteiger partial charge in [-0.05, 0) is 49.4 Å². The molecule has 3 aliphatic rings. The summed E-state index contributed by atoms with van der Waals surface area (Å²) in [6.07, 6.45) is 2.89. The number of imide groups is 1. The molecular weight excluding hydrogens is 773 g/mol. The Hall–Kier alpha value is -5.75. The average molecular weight is 823 g/mol. The smallest absolute Gasteiger partial charge is 0.407 e. The molecule has 0 radical (unpaired) electrons. The Morgan fingerprint density at radius 1 is 1.02 bits per heavy atom. The fourth-order valence-corrected chi connectivity index (χ4v) is 7.40. The molecule has 4 heterocycles. The summed E-state index contributed by atoms with van der Waals surface area (Å²) in [7, 11) is 0. The van der Waals surface area contributed by atoms with E-state index in [-0.39, 0.29) is 62.9 Å². The van der Waals surface area contributed by atoms with E-state index in [4.69, 9.17) is 14.5 Å². The van der Waals surface area contributed by atoms with Gasteiger partial charge in [0.05, 0.1) is 17.8 Å². The van der Waals surface area contributed by atoms with Crippen molar-refractivity contribution in [2.75, 3.05) is 59.1 Å². The van der Waals surface area contributed by atoms with Crippen LogP contribution in [0.3, 0.4) is 0 Å².